The Balaban J connectivity index is 1.12. The maximum atomic E-state index is 13.1. The Hall–Kier alpha value is -2.43. The smallest absolute Gasteiger partial charge is 0.306 e. The van der Waals surface area contributed by atoms with Gasteiger partial charge in [-0.25, -0.2) is 0 Å². The van der Waals surface area contributed by atoms with Crippen molar-refractivity contribution >= 4 is 17.7 Å². The SMILES string of the molecule is CC1(C)CC[C@]2(COC(=O)CCCCC(=O)OCc3ccccc3)CC[C@]3(C)C(=CC[C@@H]4[C@@]5(C)CCC(=O)C(C)(C)[C@@H]5CC[C@]43C)[C@@H]2C1. The van der Waals surface area contributed by atoms with Crippen molar-refractivity contribution in [2.75, 3.05) is 6.61 Å². The summed E-state index contributed by atoms with van der Waals surface area (Å²) in [5.74, 6) is 1.59. The number of allylic oxidation sites excluding steroid dienone is 2. The standard InChI is InChI=1S/C43H62O5/c1-38(2)23-25-43(29-48-37(46)16-12-11-15-36(45)47-28-30-13-9-8-10-14-30)26-24-41(6)31(32(43)27-38)17-18-34-40(5)21-20-35(44)39(3,4)33(40)19-22-42(34,41)7/h8-10,13-14,17,32-34H,11-12,15-16,18-29H2,1-7H3/t32-,33-,34+,40-,41+,42+,43+/m0/s1. The van der Waals surface area contributed by atoms with E-state index in [2.05, 4.69) is 54.5 Å². The van der Waals surface area contributed by atoms with Crippen LogP contribution in [-0.2, 0) is 30.5 Å². The minimum Gasteiger partial charge on any atom is -0.465 e. The zero-order valence-corrected chi connectivity index (χ0v) is 31.1. The zero-order valence-electron chi connectivity index (χ0n) is 31.1. The van der Waals surface area contributed by atoms with Gasteiger partial charge in [-0.05, 0) is 116 Å². The average molecular weight is 659 g/mol. The lowest BCUT2D eigenvalue weighted by Gasteiger charge is -2.70. The summed E-state index contributed by atoms with van der Waals surface area (Å²) in [6, 6.07) is 9.71. The lowest BCUT2D eigenvalue weighted by atomic mass is 9.33. The molecule has 5 heteroatoms. The van der Waals surface area contributed by atoms with Crippen molar-refractivity contribution < 1.29 is 23.9 Å². The summed E-state index contributed by atoms with van der Waals surface area (Å²) in [7, 11) is 0. The molecule has 0 aromatic heterocycles. The van der Waals surface area contributed by atoms with Crippen molar-refractivity contribution in [2.45, 2.75) is 145 Å². The van der Waals surface area contributed by atoms with Gasteiger partial charge in [0.15, 0.2) is 0 Å². The Morgan fingerprint density at radius 2 is 1.46 bits per heavy atom. The molecular formula is C43H62O5. The minimum absolute atomic E-state index is 0.00131. The maximum absolute atomic E-state index is 13.1. The van der Waals surface area contributed by atoms with Gasteiger partial charge in [0, 0.05) is 30.1 Å². The average Bonchev–Trinajstić information content (AvgIpc) is 3.04. The molecule has 7 atom stereocenters. The number of unbranched alkanes of at least 4 members (excludes halogenated alkanes) is 1. The van der Waals surface area contributed by atoms with Gasteiger partial charge >= 0.3 is 11.9 Å². The van der Waals surface area contributed by atoms with Gasteiger partial charge in [-0.1, -0.05) is 90.4 Å². The minimum atomic E-state index is -0.232. The molecule has 4 saturated carbocycles. The summed E-state index contributed by atoms with van der Waals surface area (Å²) in [6.07, 6.45) is 15.5. The Bertz CT molecular complexity index is 1420. The van der Waals surface area contributed by atoms with Crippen LogP contribution in [0.15, 0.2) is 42.0 Å². The number of ketones is 1. The second-order valence-electron chi connectivity index (χ2n) is 18.7. The fraction of sp³-hybridized carbons (Fsp3) is 0.744. The van der Waals surface area contributed by atoms with E-state index in [9.17, 15) is 14.4 Å². The third kappa shape index (κ3) is 6.02. The first-order chi connectivity index (χ1) is 22.6. The molecule has 1 aromatic carbocycles. The van der Waals surface area contributed by atoms with Gasteiger partial charge in [-0.3, -0.25) is 14.4 Å². The first kappa shape index (κ1) is 35.4. The number of hydrogen-bond donors (Lipinski definition) is 0. The lowest BCUT2D eigenvalue weighted by Crippen LogP contribution is -2.64. The molecular weight excluding hydrogens is 596 g/mol. The summed E-state index contributed by atoms with van der Waals surface area (Å²) in [4.78, 5) is 38.4. The predicted molar refractivity (Wildman–Crippen MR) is 190 cm³/mol. The highest BCUT2D eigenvalue weighted by atomic mass is 16.5. The fourth-order valence-corrected chi connectivity index (χ4v) is 12.1. The van der Waals surface area contributed by atoms with E-state index in [0.29, 0.717) is 55.8 Å². The summed E-state index contributed by atoms with van der Waals surface area (Å²) in [6.45, 7) is 17.9. The number of ether oxygens (including phenoxy) is 2. The van der Waals surface area contributed by atoms with Crippen molar-refractivity contribution in [3.8, 4) is 0 Å². The molecule has 5 aliphatic rings. The second-order valence-corrected chi connectivity index (χ2v) is 18.7. The normalized spacial score (nSPS) is 37.9. The molecule has 6 rings (SSSR count). The Kier molecular flexibility index (Phi) is 9.38. The van der Waals surface area contributed by atoms with E-state index in [1.165, 1.54) is 12.8 Å². The molecule has 1 aromatic rings. The zero-order chi connectivity index (χ0) is 34.6. The fourth-order valence-electron chi connectivity index (χ4n) is 12.1. The first-order valence-electron chi connectivity index (χ1n) is 19.2. The van der Waals surface area contributed by atoms with Crippen LogP contribution in [0.4, 0.5) is 0 Å². The number of Topliss-reactive ketones (excluding diaryl/α,β-unsaturated/α-hetero) is 1. The van der Waals surface area contributed by atoms with Crippen LogP contribution in [-0.4, -0.2) is 24.3 Å². The molecule has 48 heavy (non-hydrogen) atoms. The first-order valence-corrected chi connectivity index (χ1v) is 19.2. The number of esters is 2. The summed E-state index contributed by atoms with van der Waals surface area (Å²) in [5.41, 5.74) is 3.18. The molecule has 0 heterocycles. The number of rotatable bonds is 9. The van der Waals surface area contributed by atoms with Crippen molar-refractivity contribution in [2.24, 2.45) is 50.2 Å². The van der Waals surface area contributed by atoms with E-state index in [-0.39, 0.29) is 51.0 Å². The van der Waals surface area contributed by atoms with E-state index in [4.69, 9.17) is 9.47 Å². The molecule has 4 fully saturated rings. The number of benzene rings is 1. The molecule has 0 bridgehead atoms. The molecule has 0 saturated heterocycles. The van der Waals surface area contributed by atoms with Crippen molar-refractivity contribution in [1.29, 1.82) is 0 Å². The molecule has 5 nitrogen and oxygen atoms in total. The number of fused-ring (bicyclic) bond motifs is 7. The Morgan fingerprint density at radius 1 is 0.792 bits per heavy atom. The second kappa shape index (κ2) is 12.7. The van der Waals surface area contributed by atoms with Gasteiger partial charge in [0.05, 0.1) is 6.61 Å². The van der Waals surface area contributed by atoms with Crippen molar-refractivity contribution in [1.82, 2.24) is 0 Å². The monoisotopic (exact) mass is 658 g/mol. The number of carbonyl (C=O) groups is 3. The topological polar surface area (TPSA) is 69.7 Å². The molecule has 0 aliphatic heterocycles. The quantitative estimate of drug-likeness (QED) is 0.150. The van der Waals surface area contributed by atoms with Gasteiger partial charge in [0.1, 0.15) is 12.4 Å². The predicted octanol–water partition coefficient (Wildman–Crippen LogP) is 10.2. The van der Waals surface area contributed by atoms with Gasteiger partial charge in [-0.2, -0.15) is 0 Å². The number of hydrogen-bond acceptors (Lipinski definition) is 5. The summed E-state index contributed by atoms with van der Waals surface area (Å²) < 4.78 is 11.6. The van der Waals surface area contributed by atoms with Crippen molar-refractivity contribution in [3.63, 3.8) is 0 Å². The maximum Gasteiger partial charge on any atom is 0.306 e. The van der Waals surface area contributed by atoms with Crippen LogP contribution >= 0.6 is 0 Å². The Labute approximate surface area is 290 Å². The van der Waals surface area contributed by atoms with Crippen LogP contribution in [0, 0.1) is 50.2 Å². The largest absolute Gasteiger partial charge is 0.465 e. The highest BCUT2D eigenvalue weighted by molar-refractivity contribution is 5.85. The van der Waals surface area contributed by atoms with Gasteiger partial charge in [0.25, 0.3) is 0 Å². The van der Waals surface area contributed by atoms with E-state index in [1.807, 2.05) is 30.3 Å². The number of carbonyl (C=O) groups excluding carboxylic acids is 3. The van der Waals surface area contributed by atoms with Crippen LogP contribution < -0.4 is 0 Å². The van der Waals surface area contributed by atoms with Crippen LogP contribution in [0.5, 0.6) is 0 Å². The molecule has 0 spiro atoms. The van der Waals surface area contributed by atoms with Crippen LogP contribution in [0.3, 0.4) is 0 Å². The Morgan fingerprint density at radius 3 is 2.17 bits per heavy atom. The molecule has 264 valence electrons. The van der Waals surface area contributed by atoms with E-state index >= 15 is 0 Å². The molecule has 0 N–H and O–H groups in total. The third-order valence-electron chi connectivity index (χ3n) is 15.3. The summed E-state index contributed by atoms with van der Waals surface area (Å²) in [5, 5.41) is 0. The molecule has 0 amide bonds. The molecule has 5 aliphatic carbocycles. The van der Waals surface area contributed by atoms with Crippen LogP contribution in [0.25, 0.3) is 0 Å². The van der Waals surface area contributed by atoms with Gasteiger partial charge in [0.2, 0.25) is 0 Å². The van der Waals surface area contributed by atoms with Crippen LogP contribution in [0.1, 0.15) is 144 Å². The van der Waals surface area contributed by atoms with Gasteiger partial charge in [-0.15, -0.1) is 0 Å². The molecule has 0 unspecified atom stereocenters. The van der Waals surface area contributed by atoms with Gasteiger partial charge < -0.3 is 9.47 Å². The van der Waals surface area contributed by atoms with E-state index in [1.54, 1.807) is 5.57 Å². The third-order valence-corrected chi connectivity index (χ3v) is 15.3. The highest BCUT2D eigenvalue weighted by Gasteiger charge is 2.68. The van der Waals surface area contributed by atoms with Crippen molar-refractivity contribution in [3.05, 3.63) is 47.5 Å². The lowest BCUT2D eigenvalue weighted by molar-refractivity contribution is -0.188. The van der Waals surface area contributed by atoms with Crippen LogP contribution in [0.2, 0.25) is 0 Å². The highest BCUT2D eigenvalue weighted by Crippen LogP contribution is 2.75. The van der Waals surface area contributed by atoms with E-state index < -0.39 is 0 Å². The van der Waals surface area contributed by atoms with E-state index in [0.717, 1.165) is 56.9 Å². The molecule has 0 radical (unpaired) electrons. The summed E-state index contributed by atoms with van der Waals surface area (Å²) >= 11 is 0.